The molecule has 1 heterocycles. The lowest BCUT2D eigenvalue weighted by molar-refractivity contribution is -0.120. The van der Waals surface area contributed by atoms with Crippen molar-refractivity contribution in [1.82, 2.24) is 10.3 Å². The van der Waals surface area contributed by atoms with Gasteiger partial charge in [0.25, 0.3) is 0 Å². The first kappa shape index (κ1) is 19.6. The minimum atomic E-state index is -0.276. The van der Waals surface area contributed by atoms with Crippen molar-refractivity contribution in [2.45, 2.75) is 31.4 Å². The standard InChI is InChI=1S/C21H21FN2OS2/c1-14-3-7-17(8-4-14)21-24-19(13-27-21)12-26-15(2)20(25)23-11-16-5-9-18(22)10-6-16/h3-10,13,15H,11-12H2,1-2H3,(H,23,25)/t15-/m0/s1. The number of hydrogen-bond donors (Lipinski definition) is 1. The van der Waals surface area contributed by atoms with Gasteiger partial charge in [-0.25, -0.2) is 9.37 Å². The monoisotopic (exact) mass is 400 g/mol. The third-order valence-corrected chi connectivity index (χ3v) is 6.20. The smallest absolute Gasteiger partial charge is 0.233 e. The van der Waals surface area contributed by atoms with Gasteiger partial charge in [0, 0.05) is 23.2 Å². The maximum atomic E-state index is 12.9. The molecule has 0 fully saturated rings. The molecule has 3 rings (SSSR count). The summed E-state index contributed by atoms with van der Waals surface area (Å²) < 4.78 is 12.9. The maximum Gasteiger partial charge on any atom is 0.233 e. The highest BCUT2D eigenvalue weighted by Crippen LogP contribution is 2.26. The predicted molar refractivity (Wildman–Crippen MR) is 111 cm³/mol. The van der Waals surface area contributed by atoms with Crippen LogP contribution in [0.15, 0.2) is 53.9 Å². The molecule has 1 N–H and O–H groups in total. The lowest BCUT2D eigenvalue weighted by Crippen LogP contribution is -2.30. The summed E-state index contributed by atoms with van der Waals surface area (Å²) in [5.41, 5.74) is 4.21. The zero-order valence-corrected chi connectivity index (χ0v) is 16.9. The zero-order chi connectivity index (χ0) is 19.2. The Bertz CT molecular complexity index is 891. The number of nitrogens with zero attached hydrogens (tertiary/aromatic N) is 1. The van der Waals surface area contributed by atoms with Crippen molar-refractivity contribution in [3.05, 3.63) is 76.5 Å². The molecule has 2 aromatic carbocycles. The van der Waals surface area contributed by atoms with Crippen molar-refractivity contribution in [2.24, 2.45) is 0 Å². The molecule has 0 spiro atoms. The fourth-order valence-electron chi connectivity index (χ4n) is 2.42. The number of amides is 1. The Morgan fingerprint density at radius 3 is 2.59 bits per heavy atom. The average Bonchev–Trinajstić information content (AvgIpc) is 3.15. The van der Waals surface area contributed by atoms with Crippen LogP contribution >= 0.6 is 23.1 Å². The van der Waals surface area contributed by atoms with Gasteiger partial charge in [0.05, 0.1) is 10.9 Å². The van der Waals surface area contributed by atoms with E-state index in [1.807, 2.05) is 12.3 Å². The number of halogens is 1. The number of hydrogen-bond acceptors (Lipinski definition) is 4. The molecule has 1 aromatic heterocycles. The van der Waals surface area contributed by atoms with Gasteiger partial charge in [0.1, 0.15) is 10.8 Å². The third kappa shape index (κ3) is 5.65. The quantitative estimate of drug-likeness (QED) is 0.593. The van der Waals surface area contributed by atoms with Crippen LogP contribution in [0.25, 0.3) is 10.6 Å². The number of rotatable bonds is 7. The number of carbonyl (C=O) groups excluding carboxylic acids is 1. The van der Waals surface area contributed by atoms with Crippen molar-refractivity contribution in [3.63, 3.8) is 0 Å². The van der Waals surface area contributed by atoms with Gasteiger partial charge in [0.15, 0.2) is 0 Å². The van der Waals surface area contributed by atoms with Gasteiger partial charge in [-0.3, -0.25) is 4.79 Å². The van der Waals surface area contributed by atoms with Crippen LogP contribution in [-0.2, 0) is 17.1 Å². The highest BCUT2D eigenvalue weighted by molar-refractivity contribution is 7.99. The first-order valence-corrected chi connectivity index (χ1v) is 10.6. The summed E-state index contributed by atoms with van der Waals surface area (Å²) in [5.74, 6) is 0.383. The molecule has 3 nitrogen and oxygen atoms in total. The van der Waals surface area contributed by atoms with Crippen molar-refractivity contribution in [3.8, 4) is 10.6 Å². The Kier molecular flexibility index (Phi) is 6.63. The van der Waals surface area contributed by atoms with E-state index in [2.05, 4.69) is 41.5 Å². The van der Waals surface area contributed by atoms with Crippen LogP contribution in [0.4, 0.5) is 4.39 Å². The van der Waals surface area contributed by atoms with Crippen molar-refractivity contribution < 1.29 is 9.18 Å². The summed E-state index contributed by atoms with van der Waals surface area (Å²) in [5, 5.41) is 5.75. The van der Waals surface area contributed by atoms with Gasteiger partial charge in [-0.15, -0.1) is 23.1 Å². The number of benzene rings is 2. The zero-order valence-electron chi connectivity index (χ0n) is 15.2. The van der Waals surface area contributed by atoms with E-state index < -0.39 is 0 Å². The number of aromatic nitrogens is 1. The van der Waals surface area contributed by atoms with E-state index in [-0.39, 0.29) is 17.0 Å². The van der Waals surface area contributed by atoms with Crippen LogP contribution in [0.2, 0.25) is 0 Å². The average molecular weight is 401 g/mol. The summed E-state index contributed by atoms with van der Waals surface area (Å²) in [6.45, 7) is 4.35. The minimum Gasteiger partial charge on any atom is -0.351 e. The molecule has 1 amide bonds. The molecule has 0 radical (unpaired) electrons. The molecular weight excluding hydrogens is 379 g/mol. The Morgan fingerprint density at radius 1 is 1.19 bits per heavy atom. The van der Waals surface area contributed by atoms with Crippen LogP contribution in [-0.4, -0.2) is 16.1 Å². The van der Waals surface area contributed by atoms with Crippen LogP contribution < -0.4 is 5.32 Å². The summed E-state index contributed by atoms with van der Waals surface area (Å²) in [7, 11) is 0. The molecular formula is C21H21FN2OS2. The molecule has 0 bridgehead atoms. The molecule has 140 valence electrons. The van der Waals surface area contributed by atoms with Crippen molar-refractivity contribution in [1.29, 1.82) is 0 Å². The molecule has 0 saturated heterocycles. The Balaban J connectivity index is 1.48. The van der Waals surface area contributed by atoms with Crippen LogP contribution in [0.3, 0.4) is 0 Å². The molecule has 3 aromatic rings. The molecule has 0 aliphatic carbocycles. The van der Waals surface area contributed by atoms with E-state index in [1.165, 1.54) is 17.7 Å². The number of carbonyl (C=O) groups is 1. The molecule has 0 unspecified atom stereocenters. The number of nitrogens with one attached hydrogen (secondary N) is 1. The first-order valence-electron chi connectivity index (χ1n) is 8.66. The Labute approximate surface area is 167 Å². The highest BCUT2D eigenvalue weighted by atomic mass is 32.2. The van der Waals surface area contributed by atoms with Crippen LogP contribution in [0.1, 0.15) is 23.7 Å². The number of aryl methyl sites for hydroxylation is 1. The fraction of sp³-hybridized carbons (Fsp3) is 0.238. The van der Waals surface area contributed by atoms with Crippen molar-refractivity contribution >= 4 is 29.0 Å². The second-order valence-corrected chi connectivity index (χ2v) is 8.49. The largest absolute Gasteiger partial charge is 0.351 e. The third-order valence-electron chi connectivity index (χ3n) is 4.08. The van der Waals surface area contributed by atoms with E-state index in [4.69, 9.17) is 0 Å². The second kappa shape index (κ2) is 9.15. The lowest BCUT2D eigenvalue weighted by Gasteiger charge is -2.11. The minimum absolute atomic E-state index is 0.0293. The topological polar surface area (TPSA) is 42.0 Å². The molecule has 27 heavy (non-hydrogen) atoms. The summed E-state index contributed by atoms with van der Waals surface area (Å²) in [4.78, 5) is 16.9. The number of thiazole rings is 1. The first-order chi connectivity index (χ1) is 13.0. The number of thioether (sulfide) groups is 1. The van der Waals surface area contributed by atoms with E-state index in [0.717, 1.165) is 21.8 Å². The van der Waals surface area contributed by atoms with E-state index in [9.17, 15) is 9.18 Å². The van der Waals surface area contributed by atoms with Gasteiger partial charge >= 0.3 is 0 Å². The van der Waals surface area contributed by atoms with Gasteiger partial charge in [-0.1, -0.05) is 42.0 Å². The normalized spacial score (nSPS) is 12.0. The van der Waals surface area contributed by atoms with E-state index in [0.29, 0.717) is 12.3 Å². The lowest BCUT2D eigenvalue weighted by atomic mass is 10.2. The molecule has 0 aliphatic heterocycles. The molecule has 1 atom stereocenters. The van der Waals surface area contributed by atoms with Gasteiger partial charge in [-0.05, 0) is 31.5 Å². The molecule has 6 heteroatoms. The van der Waals surface area contributed by atoms with Crippen LogP contribution in [0, 0.1) is 12.7 Å². The van der Waals surface area contributed by atoms with Crippen LogP contribution in [0.5, 0.6) is 0 Å². The second-order valence-electron chi connectivity index (χ2n) is 6.31. The van der Waals surface area contributed by atoms with E-state index in [1.54, 1.807) is 35.2 Å². The highest BCUT2D eigenvalue weighted by Gasteiger charge is 2.14. The summed E-state index contributed by atoms with van der Waals surface area (Å²) >= 11 is 3.18. The predicted octanol–water partition coefficient (Wildman–Crippen LogP) is 5.20. The van der Waals surface area contributed by atoms with Gasteiger partial charge < -0.3 is 5.32 Å². The SMILES string of the molecule is Cc1ccc(-c2nc(CS[C@@H](C)C(=O)NCc3ccc(F)cc3)cs2)cc1. The molecule has 0 aliphatic rings. The van der Waals surface area contributed by atoms with Gasteiger partial charge in [-0.2, -0.15) is 0 Å². The fourth-order valence-corrected chi connectivity index (χ4v) is 4.16. The maximum absolute atomic E-state index is 12.9. The summed E-state index contributed by atoms with van der Waals surface area (Å²) in [6.07, 6.45) is 0. The van der Waals surface area contributed by atoms with Crippen molar-refractivity contribution in [2.75, 3.05) is 0 Å². The Morgan fingerprint density at radius 2 is 1.89 bits per heavy atom. The van der Waals surface area contributed by atoms with Gasteiger partial charge in [0.2, 0.25) is 5.91 Å². The van der Waals surface area contributed by atoms with E-state index >= 15 is 0 Å². The molecule has 0 saturated carbocycles. The Hall–Kier alpha value is -2.18. The summed E-state index contributed by atoms with van der Waals surface area (Å²) in [6, 6.07) is 14.5.